The first kappa shape index (κ1) is 21.5. The Morgan fingerprint density at radius 3 is 2.52 bits per heavy atom. The van der Waals surface area contributed by atoms with E-state index in [1.54, 1.807) is 12.1 Å². The molecule has 3 aromatic rings. The lowest BCUT2D eigenvalue weighted by atomic mass is 9.99. The van der Waals surface area contributed by atoms with E-state index in [4.69, 9.17) is 0 Å². The van der Waals surface area contributed by atoms with Crippen LogP contribution < -0.4 is 5.32 Å². The van der Waals surface area contributed by atoms with Crippen molar-refractivity contribution in [1.82, 2.24) is 9.62 Å². The van der Waals surface area contributed by atoms with E-state index in [0.717, 1.165) is 23.6 Å². The Kier molecular flexibility index (Phi) is 6.68. The first-order valence-electron chi connectivity index (χ1n) is 10.8. The fraction of sp³-hybridized carbons (Fsp3) is 0.320. The molecule has 1 fully saturated rings. The van der Waals surface area contributed by atoms with E-state index in [0.29, 0.717) is 25.9 Å². The lowest BCUT2D eigenvalue weighted by molar-refractivity contribution is -0.126. The molecule has 0 bridgehead atoms. The molecule has 1 amide bonds. The number of hydrogen-bond donors (Lipinski definition) is 1. The van der Waals surface area contributed by atoms with Crippen LogP contribution >= 0.6 is 0 Å². The summed E-state index contributed by atoms with van der Waals surface area (Å²) in [6, 6.07) is 23.1. The molecular weight excluding hydrogens is 408 g/mol. The number of hydrogen-bond acceptors (Lipinski definition) is 3. The fourth-order valence-corrected chi connectivity index (χ4v) is 5.70. The number of amides is 1. The summed E-state index contributed by atoms with van der Waals surface area (Å²) in [5, 5.41) is 4.90. The van der Waals surface area contributed by atoms with Gasteiger partial charge in [-0.25, -0.2) is 8.42 Å². The van der Waals surface area contributed by atoms with E-state index < -0.39 is 10.0 Å². The average molecular weight is 437 g/mol. The Bertz CT molecular complexity index is 1150. The van der Waals surface area contributed by atoms with Gasteiger partial charge in [0.05, 0.1) is 10.8 Å². The second-order valence-electron chi connectivity index (χ2n) is 8.09. The lowest BCUT2D eigenvalue weighted by Crippen LogP contribution is -2.45. The molecule has 1 N–H and O–H groups in total. The topological polar surface area (TPSA) is 66.5 Å². The maximum absolute atomic E-state index is 13.2. The summed E-state index contributed by atoms with van der Waals surface area (Å²) in [5.74, 6) is -0.354. The van der Waals surface area contributed by atoms with Crippen molar-refractivity contribution in [3.63, 3.8) is 0 Å². The Hall–Kier alpha value is -2.70. The molecule has 1 unspecified atom stereocenters. The molecule has 0 radical (unpaired) electrons. The van der Waals surface area contributed by atoms with E-state index in [-0.39, 0.29) is 23.3 Å². The monoisotopic (exact) mass is 436 g/mol. The number of nitrogens with one attached hydrogen (secondary N) is 1. The number of sulfonamides is 1. The van der Waals surface area contributed by atoms with Crippen molar-refractivity contribution in [2.75, 3.05) is 19.6 Å². The molecule has 0 aliphatic carbocycles. The summed E-state index contributed by atoms with van der Waals surface area (Å²) >= 11 is 0. The smallest absolute Gasteiger partial charge is 0.243 e. The van der Waals surface area contributed by atoms with Gasteiger partial charge in [0.2, 0.25) is 15.9 Å². The van der Waals surface area contributed by atoms with Gasteiger partial charge in [-0.15, -0.1) is 0 Å². The summed E-state index contributed by atoms with van der Waals surface area (Å²) < 4.78 is 27.9. The molecule has 1 saturated heterocycles. The number of benzene rings is 3. The van der Waals surface area contributed by atoms with Gasteiger partial charge in [-0.1, -0.05) is 60.7 Å². The Morgan fingerprint density at radius 1 is 0.968 bits per heavy atom. The van der Waals surface area contributed by atoms with Crippen LogP contribution in [0.2, 0.25) is 0 Å². The highest BCUT2D eigenvalue weighted by Gasteiger charge is 2.33. The van der Waals surface area contributed by atoms with Crippen molar-refractivity contribution in [2.24, 2.45) is 5.92 Å². The predicted octanol–water partition coefficient (Wildman–Crippen LogP) is 3.99. The third-order valence-electron chi connectivity index (χ3n) is 5.90. The van der Waals surface area contributed by atoms with Crippen LogP contribution in [-0.2, 0) is 21.2 Å². The maximum Gasteiger partial charge on any atom is 0.243 e. The number of carbonyl (C=O) groups excluding carboxylic acids is 1. The largest absolute Gasteiger partial charge is 0.356 e. The minimum atomic E-state index is -3.63. The van der Waals surface area contributed by atoms with Gasteiger partial charge < -0.3 is 5.32 Å². The highest BCUT2D eigenvalue weighted by Crippen LogP contribution is 2.26. The molecule has 0 aromatic heterocycles. The zero-order valence-corrected chi connectivity index (χ0v) is 18.4. The first-order valence-corrected chi connectivity index (χ1v) is 12.3. The quantitative estimate of drug-likeness (QED) is 0.570. The summed E-state index contributed by atoms with van der Waals surface area (Å²) in [7, 11) is -3.63. The number of rotatable bonds is 7. The number of nitrogens with zero attached hydrogens (tertiary/aromatic N) is 1. The Morgan fingerprint density at radius 2 is 1.71 bits per heavy atom. The molecule has 6 heteroatoms. The molecule has 1 heterocycles. The number of fused-ring (bicyclic) bond motifs is 1. The van der Waals surface area contributed by atoms with Crippen molar-refractivity contribution < 1.29 is 13.2 Å². The summed E-state index contributed by atoms with van der Waals surface area (Å²) in [6.07, 6.45) is 3.18. The first-order chi connectivity index (χ1) is 15.0. The molecule has 0 spiro atoms. The zero-order chi connectivity index (χ0) is 21.7. The van der Waals surface area contributed by atoms with Crippen LogP contribution in [0.25, 0.3) is 10.8 Å². The van der Waals surface area contributed by atoms with Gasteiger partial charge in [-0.2, -0.15) is 4.31 Å². The average Bonchev–Trinajstić information content (AvgIpc) is 2.82. The number of piperidine rings is 1. The van der Waals surface area contributed by atoms with E-state index in [2.05, 4.69) is 17.4 Å². The molecule has 0 saturated carbocycles. The SMILES string of the molecule is O=C(NCCCc1ccccc1)C1CCCN(S(=O)(=O)c2ccc3ccccc3c2)C1. The van der Waals surface area contributed by atoms with E-state index in [1.807, 2.05) is 48.5 Å². The molecule has 5 nitrogen and oxygen atoms in total. The van der Waals surface area contributed by atoms with Crippen molar-refractivity contribution in [3.8, 4) is 0 Å². The van der Waals surface area contributed by atoms with Gasteiger partial charge in [0, 0.05) is 19.6 Å². The fourth-order valence-electron chi connectivity index (χ4n) is 4.14. The highest BCUT2D eigenvalue weighted by atomic mass is 32.2. The van der Waals surface area contributed by atoms with E-state index in [9.17, 15) is 13.2 Å². The molecule has 4 rings (SSSR count). The van der Waals surface area contributed by atoms with Crippen molar-refractivity contribution in [3.05, 3.63) is 78.4 Å². The standard InChI is InChI=1S/C25H28N2O3S/c28-25(26-16-6-10-20-8-2-1-3-9-20)23-13-7-17-27(19-23)31(29,30)24-15-14-21-11-4-5-12-22(21)18-24/h1-5,8-9,11-12,14-15,18,23H,6-7,10,13,16-17,19H2,(H,26,28). The van der Waals surface area contributed by atoms with Gasteiger partial charge in [-0.3, -0.25) is 4.79 Å². The van der Waals surface area contributed by atoms with Crippen LogP contribution in [0.1, 0.15) is 24.8 Å². The highest BCUT2D eigenvalue weighted by molar-refractivity contribution is 7.89. The van der Waals surface area contributed by atoms with Crippen LogP contribution in [0.15, 0.2) is 77.7 Å². The van der Waals surface area contributed by atoms with Crippen LogP contribution in [0.5, 0.6) is 0 Å². The van der Waals surface area contributed by atoms with Crippen LogP contribution in [-0.4, -0.2) is 38.3 Å². The van der Waals surface area contributed by atoms with Crippen LogP contribution in [0, 0.1) is 5.92 Å². The van der Waals surface area contributed by atoms with Crippen molar-refractivity contribution in [1.29, 1.82) is 0 Å². The van der Waals surface area contributed by atoms with Gasteiger partial charge in [0.15, 0.2) is 0 Å². The summed E-state index contributed by atoms with van der Waals surface area (Å²) in [5.41, 5.74) is 1.25. The van der Waals surface area contributed by atoms with Crippen LogP contribution in [0.3, 0.4) is 0 Å². The minimum Gasteiger partial charge on any atom is -0.356 e. The second-order valence-corrected chi connectivity index (χ2v) is 10.0. The predicted molar refractivity (Wildman–Crippen MR) is 123 cm³/mol. The second kappa shape index (κ2) is 9.62. The van der Waals surface area contributed by atoms with Gasteiger partial charge in [0.25, 0.3) is 0 Å². The normalized spacial score (nSPS) is 17.5. The molecule has 1 aliphatic rings. The Balaban J connectivity index is 1.36. The molecule has 1 atom stereocenters. The van der Waals surface area contributed by atoms with Gasteiger partial charge in [0.1, 0.15) is 0 Å². The van der Waals surface area contributed by atoms with Crippen molar-refractivity contribution in [2.45, 2.75) is 30.6 Å². The van der Waals surface area contributed by atoms with Crippen LogP contribution in [0.4, 0.5) is 0 Å². The lowest BCUT2D eigenvalue weighted by Gasteiger charge is -2.31. The Labute approximate surface area is 184 Å². The number of carbonyl (C=O) groups is 1. The minimum absolute atomic E-state index is 0.0496. The van der Waals surface area contributed by atoms with Gasteiger partial charge in [-0.05, 0) is 54.2 Å². The molecule has 162 valence electrons. The zero-order valence-electron chi connectivity index (χ0n) is 17.5. The summed E-state index contributed by atoms with van der Waals surface area (Å²) in [6.45, 7) is 1.29. The number of aryl methyl sites for hydroxylation is 1. The molecule has 3 aromatic carbocycles. The van der Waals surface area contributed by atoms with Crippen molar-refractivity contribution >= 4 is 26.7 Å². The third kappa shape index (κ3) is 5.14. The van der Waals surface area contributed by atoms with Gasteiger partial charge >= 0.3 is 0 Å². The molecular formula is C25H28N2O3S. The molecule has 1 aliphatic heterocycles. The summed E-state index contributed by atoms with van der Waals surface area (Å²) in [4.78, 5) is 12.9. The molecule has 31 heavy (non-hydrogen) atoms. The van der Waals surface area contributed by atoms with E-state index in [1.165, 1.54) is 9.87 Å². The maximum atomic E-state index is 13.2. The van der Waals surface area contributed by atoms with E-state index >= 15 is 0 Å². The third-order valence-corrected chi connectivity index (χ3v) is 7.76.